The average molecular weight is 343 g/mol. The van der Waals surface area contributed by atoms with Gasteiger partial charge in [-0.3, -0.25) is 4.79 Å². The van der Waals surface area contributed by atoms with E-state index in [0.29, 0.717) is 12.2 Å². The molecule has 1 heterocycles. The Kier molecular flexibility index (Phi) is 4.81. The van der Waals surface area contributed by atoms with E-state index in [1.165, 1.54) is 5.56 Å². The number of hydrogen-bond donors (Lipinski definition) is 0. The maximum absolute atomic E-state index is 12.0. The minimum Gasteiger partial charge on any atom is -0.305 e. The van der Waals surface area contributed by atoms with Crippen LogP contribution in [0.25, 0.3) is 11.4 Å². The van der Waals surface area contributed by atoms with Crippen molar-refractivity contribution >= 4 is 17.5 Å². The van der Waals surface area contributed by atoms with E-state index in [-0.39, 0.29) is 10.7 Å². The molecule has 0 amide bonds. The molecule has 1 fully saturated rings. The van der Waals surface area contributed by atoms with E-state index in [1.54, 1.807) is 11.8 Å². The highest BCUT2D eigenvalue weighted by Gasteiger charge is 2.25. The molecule has 1 aliphatic rings. The summed E-state index contributed by atoms with van der Waals surface area (Å²) < 4.78 is 2.00. The molecule has 0 bridgehead atoms. The van der Waals surface area contributed by atoms with Gasteiger partial charge in [-0.15, -0.1) is 10.2 Å². The number of carbonyl (C=O) groups excluding carboxylic acids is 1. The average Bonchev–Trinajstić information content (AvgIpc) is 2.90. The summed E-state index contributed by atoms with van der Waals surface area (Å²) in [5.74, 6) is 1.20. The van der Waals surface area contributed by atoms with Crippen molar-refractivity contribution in [1.29, 1.82) is 0 Å². The fourth-order valence-electron chi connectivity index (χ4n) is 2.99. The summed E-state index contributed by atoms with van der Waals surface area (Å²) in [6.07, 6.45) is 3.81. The van der Waals surface area contributed by atoms with Crippen molar-refractivity contribution < 1.29 is 4.79 Å². The largest absolute Gasteiger partial charge is 0.305 e. The lowest BCUT2D eigenvalue weighted by Gasteiger charge is -2.19. The fourth-order valence-corrected chi connectivity index (χ4v) is 4.11. The number of Topliss-reactive ketones (excluding diaryl/α,β-unsaturated/α-hetero) is 1. The fraction of sp³-hybridized carbons (Fsp3) is 0.526. The van der Waals surface area contributed by atoms with Crippen LogP contribution in [0.1, 0.15) is 52.0 Å². The Bertz CT molecular complexity index is 728. The van der Waals surface area contributed by atoms with Gasteiger partial charge in [0, 0.05) is 19.0 Å². The molecule has 128 valence electrons. The van der Waals surface area contributed by atoms with Crippen molar-refractivity contribution in [2.24, 2.45) is 7.05 Å². The van der Waals surface area contributed by atoms with Crippen LogP contribution in [0.2, 0.25) is 0 Å². The Morgan fingerprint density at radius 1 is 1.12 bits per heavy atom. The first-order valence-corrected chi connectivity index (χ1v) is 9.44. The third-order valence-electron chi connectivity index (χ3n) is 4.59. The monoisotopic (exact) mass is 343 g/mol. The maximum atomic E-state index is 12.0. The number of aromatic nitrogens is 3. The minimum absolute atomic E-state index is 0.0396. The zero-order valence-electron chi connectivity index (χ0n) is 14.9. The van der Waals surface area contributed by atoms with E-state index in [4.69, 9.17) is 0 Å². The SMILES string of the molecule is Cn1c(S[C@H]2CCCCC2=O)nnc1-c1ccc(C(C)(C)C)cc1. The Morgan fingerprint density at radius 2 is 1.83 bits per heavy atom. The molecule has 1 aliphatic carbocycles. The van der Waals surface area contributed by atoms with Gasteiger partial charge in [-0.05, 0) is 23.8 Å². The van der Waals surface area contributed by atoms with Crippen LogP contribution in [0.5, 0.6) is 0 Å². The number of ketones is 1. The second-order valence-corrected chi connectivity index (χ2v) is 8.68. The van der Waals surface area contributed by atoms with Gasteiger partial charge in [0.15, 0.2) is 11.0 Å². The highest BCUT2D eigenvalue weighted by Crippen LogP contribution is 2.32. The zero-order chi connectivity index (χ0) is 17.3. The van der Waals surface area contributed by atoms with Crippen LogP contribution in [0.3, 0.4) is 0 Å². The summed E-state index contributed by atoms with van der Waals surface area (Å²) in [7, 11) is 1.97. The lowest BCUT2D eigenvalue weighted by Crippen LogP contribution is -2.21. The number of carbonyl (C=O) groups is 1. The first-order valence-electron chi connectivity index (χ1n) is 8.56. The van der Waals surface area contributed by atoms with E-state index in [0.717, 1.165) is 35.8 Å². The lowest BCUT2D eigenvalue weighted by molar-refractivity contribution is -0.119. The summed E-state index contributed by atoms with van der Waals surface area (Å²) >= 11 is 1.56. The van der Waals surface area contributed by atoms with Gasteiger partial charge in [0.2, 0.25) is 0 Å². The molecule has 3 rings (SSSR count). The third-order valence-corrected chi connectivity index (χ3v) is 5.94. The normalized spacial score (nSPS) is 18.8. The summed E-state index contributed by atoms with van der Waals surface area (Å²) in [4.78, 5) is 12.0. The van der Waals surface area contributed by atoms with E-state index < -0.39 is 0 Å². The number of rotatable bonds is 3. The van der Waals surface area contributed by atoms with Crippen molar-refractivity contribution in [1.82, 2.24) is 14.8 Å². The summed E-state index contributed by atoms with van der Waals surface area (Å²) in [6, 6.07) is 8.51. The van der Waals surface area contributed by atoms with E-state index in [1.807, 2.05) is 11.6 Å². The van der Waals surface area contributed by atoms with Gasteiger partial charge in [-0.1, -0.05) is 63.2 Å². The molecule has 0 saturated heterocycles. The molecule has 24 heavy (non-hydrogen) atoms. The molecule has 0 N–H and O–H groups in total. The zero-order valence-corrected chi connectivity index (χ0v) is 15.7. The van der Waals surface area contributed by atoms with Crippen molar-refractivity contribution in [3.8, 4) is 11.4 Å². The summed E-state index contributed by atoms with van der Waals surface area (Å²) in [5.41, 5.74) is 2.50. The van der Waals surface area contributed by atoms with Crippen LogP contribution in [-0.2, 0) is 17.3 Å². The van der Waals surface area contributed by atoms with Crippen LogP contribution in [0.15, 0.2) is 29.4 Å². The Hall–Kier alpha value is -1.62. The second kappa shape index (κ2) is 6.71. The second-order valence-electron chi connectivity index (χ2n) is 7.51. The van der Waals surface area contributed by atoms with Crippen LogP contribution < -0.4 is 0 Å². The molecular weight excluding hydrogens is 318 g/mol. The molecule has 1 saturated carbocycles. The van der Waals surface area contributed by atoms with Gasteiger partial charge in [-0.25, -0.2) is 0 Å². The van der Waals surface area contributed by atoms with E-state index in [2.05, 4.69) is 55.2 Å². The molecule has 5 heteroatoms. The third kappa shape index (κ3) is 3.56. The van der Waals surface area contributed by atoms with Crippen molar-refractivity contribution in [3.05, 3.63) is 29.8 Å². The number of benzene rings is 1. The van der Waals surface area contributed by atoms with Crippen LogP contribution >= 0.6 is 11.8 Å². The Balaban J connectivity index is 1.80. The minimum atomic E-state index is 0.0396. The maximum Gasteiger partial charge on any atom is 0.191 e. The topological polar surface area (TPSA) is 47.8 Å². The number of thioether (sulfide) groups is 1. The Labute approximate surface area is 148 Å². The molecule has 0 radical (unpaired) electrons. The highest BCUT2D eigenvalue weighted by atomic mass is 32.2. The predicted octanol–water partition coefficient (Wildman–Crippen LogP) is 4.38. The molecule has 1 atom stereocenters. The van der Waals surface area contributed by atoms with Crippen LogP contribution in [0, 0.1) is 0 Å². The van der Waals surface area contributed by atoms with Crippen LogP contribution in [-0.4, -0.2) is 25.8 Å². The van der Waals surface area contributed by atoms with Crippen molar-refractivity contribution in [3.63, 3.8) is 0 Å². The molecule has 0 aliphatic heterocycles. The van der Waals surface area contributed by atoms with Crippen molar-refractivity contribution in [2.45, 2.75) is 62.3 Å². The van der Waals surface area contributed by atoms with E-state index in [9.17, 15) is 4.79 Å². The molecule has 4 nitrogen and oxygen atoms in total. The van der Waals surface area contributed by atoms with Gasteiger partial charge >= 0.3 is 0 Å². The van der Waals surface area contributed by atoms with Crippen LogP contribution in [0.4, 0.5) is 0 Å². The molecule has 0 unspecified atom stereocenters. The summed E-state index contributed by atoms with van der Waals surface area (Å²) in [6.45, 7) is 6.63. The van der Waals surface area contributed by atoms with Gasteiger partial charge in [0.1, 0.15) is 5.78 Å². The lowest BCUT2D eigenvalue weighted by atomic mass is 9.87. The van der Waals surface area contributed by atoms with Gasteiger partial charge in [-0.2, -0.15) is 0 Å². The Morgan fingerprint density at radius 3 is 2.46 bits per heavy atom. The number of hydrogen-bond acceptors (Lipinski definition) is 4. The first kappa shape index (κ1) is 17.2. The molecule has 2 aromatic rings. The standard InChI is InChI=1S/C19H25N3OS/c1-19(2,3)14-11-9-13(10-12-14)17-20-21-18(22(17)4)24-16-8-6-5-7-15(16)23/h9-12,16H,5-8H2,1-4H3/t16-/m0/s1. The highest BCUT2D eigenvalue weighted by molar-refractivity contribution is 8.00. The molecule has 1 aromatic carbocycles. The van der Waals surface area contributed by atoms with Gasteiger partial charge in [0.05, 0.1) is 5.25 Å². The van der Waals surface area contributed by atoms with Gasteiger partial charge < -0.3 is 4.57 Å². The first-order chi connectivity index (χ1) is 11.4. The van der Waals surface area contributed by atoms with Crippen molar-refractivity contribution in [2.75, 3.05) is 0 Å². The molecular formula is C19H25N3OS. The quantitative estimate of drug-likeness (QED) is 0.829. The molecule has 0 spiro atoms. The summed E-state index contributed by atoms with van der Waals surface area (Å²) in [5, 5.41) is 9.53. The van der Waals surface area contributed by atoms with E-state index >= 15 is 0 Å². The predicted molar refractivity (Wildman–Crippen MR) is 98.3 cm³/mol. The number of nitrogens with zero attached hydrogens (tertiary/aromatic N) is 3. The van der Waals surface area contributed by atoms with Gasteiger partial charge in [0.25, 0.3) is 0 Å². The molecule has 1 aromatic heterocycles. The smallest absolute Gasteiger partial charge is 0.191 e.